The van der Waals surface area contributed by atoms with Gasteiger partial charge < -0.3 is 5.32 Å². The normalized spacial score (nSPS) is 18.3. The first-order valence-electron chi connectivity index (χ1n) is 9.16. The first-order valence-corrected chi connectivity index (χ1v) is 9.16. The van der Waals surface area contributed by atoms with Gasteiger partial charge in [-0.05, 0) is 61.2 Å². The van der Waals surface area contributed by atoms with E-state index in [2.05, 4.69) is 22.3 Å². The maximum absolute atomic E-state index is 13.3. The standard InChI is InChI=1S/C21H21FN4O/c1-3-26-12-18(20(25-26)14-4-6-16(22)7-5-14)15-8-9-23-19(11-15)24-21(27)17-10-13(17)2/h4-9,11-13,17H,3,10H2,1-2H3,(H,23,24,27). The predicted octanol–water partition coefficient (Wildman–Crippen LogP) is 4.37. The average Bonchev–Trinajstić information content (AvgIpc) is 3.25. The second kappa shape index (κ2) is 6.95. The second-order valence-electron chi connectivity index (χ2n) is 6.99. The molecule has 27 heavy (non-hydrogen) atoms. The molecule has 2 unspecified atom stereocenters. The Hall–Kier alpha value is -3.02. The van der Waals surface area contributed by atoms with Crippen LogP contribution in [0.2, 0.25) is 0 Å². The molecule has 1 N–H and O–H groups in total. The van der Waals surface area contributed by atoms with Gasteiger partial charge in [0.15, 0.2) is 0 Å². The van der Waals surface area contributed by atoms with Crippen LogP contribution in [0.3, 0.4) is 0 Å². The highest BCUT2D eigenvalue weighted by atomic mass is 19.1. The molecule has 1 aliphatic rings. The van der Waals surface area contributed by atoms with Gasteiger partial charge in [-0.15, -0.1) is 0 Å². The van der Waals surface area contributed by atoms with Gasteiger partial charge in [0.1, 0.15) is 17.3 Å². The number of pyridine rings is 1. The Kier molecular flexibility index (Phi) is 4.48. The number of anilines is 1. The first-order chi connectivity index (χ1) is 13.0. The average molecular weight is 364 g/mol. The molecule has 2 heterocycles. The maximum Gasteiger partial charge on any atom is 0.228 e. The van der Waals surface area contributed by atoms with E-state index >= 15 is 0 Å². The van der Waals surface area contributed by atoms with Crippen molar-refractivity contribution in [2.75, 3.05) is 5.32 Å². The summed E-state index contributed by atoms with van der Waals surface area (Å²) in [4.78, 5) is 16.5. The van der Waals surface area contributed by atoms with Gasteiger partial charge in [-0.1, -0.05) is 6.92 Å². The lowest BCUT2D eigenvalue weighted by atomic mass is 10.0. The zero-order valence-corrected chi connectivity index (χ0v) is 15.3. The van der Waals surface area contributed by atoms with E-state index in [9.17, 15) is 9.18 Å². The van der Waals surface area contributed by atoms with Crippen LogP contribution >= 0.6 is 0 Å². The highest BCUT2D eigenvalue weighted by Crippen LogP contribution is 2.38. The van der Waals surface area contributed by atoms with E-state index in [1.165, 1.54) is 12.1 Å². The summed E-state index contributed by atoms with van der Waals surface area (Å²) in [5.41, 5.74) is 3.44. The summed E-state index contributed by atoms with van der Waals surface area (Å²) in [5.74, 6) is 0.814. The summed E-state index contributed by atoms with van der Waals surface area (Å²) in [6.45, 7) is 4.81. The van der Waals surface area contributed by atoms with Crippen LogP contribution in [0.4, 0.5) is 10.2 Å². The molecule has 5 nitrogen and oxygen atoms in total. The van der Waals surface area contributed by atoms with E-state index in [-0.39, 0.29) is 17.6 Å². The van der Waals surface area contributed by atoms with E-state index in [1.807, 2.05) is 29.9 Å². The highest BCUT2D eigenvalue weighted by Gasteiger charge is 2.39. The molecule has 1 saturated carbocycles. The third-order valence-electron chi connectivity index (χ3n) is 4.97. The summed E-state index contributed by atoms with van der Waals surface area (Å²) < 4.78 is 15.1. The number of rotatable bonds is 5. The number of aryl methyl sites for hydroxylation is 1. The summed E-state index contributed by atoms with van der Waals surface area (Å²) in [5, 5.41) is 7.54. The molecule has 4 rings (SSSR count). The Morgan fingerprint density at radius 2 is 2.00 bits per heavy atom. The number of halogens is 1. The zero-order chi connectivity index (χ0) is 19.0. The topological polar surface area (TPSA) is 59.8 Å². The summed E-state index contributed by atoms with van der Waals surface area (Å²) >= 11 is 0. The molecule has 2 aromatic heterocycles. The molecule has 1 aromatic carbocycles. The Labute approximate surface area is 157 Å². The Bertz CT molecular complexity index is 980. The van der Waals surface area contributed by atoms with Gasteiger partial charge in [0.2, 0.25) is 5.91 Å². The van der Waals surface area contributed by atoms with Crippen molar-refractivity contribution in [2.45, 2.75) is 26.8 Å². The number of hydrogen-bond acceptors (Lipinski definition) is 3. The molecule has 1 aliphatic carbocycles. The van der Waals surface area contributed by atoms with Crippen molar-refractivity contribution in [1.82, 2.24) is 14.8 Å². The Morgan fingerprint density at radius 3 is 2.67 bits per heavy atom. The minimum absolute atomic E-state index is 0.0233. The lowest BCUT2D eigenvalue weighted by Gasteiger charge is -2.07. The van der Waals surface area contributed by atoms with Gasteiger partial charge in [0.25, 0.3) is 0 Å². The number of aromatic nitrogens is 3. The van der Waals surface area contributed by atoms with Gasteiger partial charge in [0.05, 0.1) is 0 Å². The minimum atomic E-state index is -0.279. The van der Waals surface area contributed by atoms with Gasteiger partial charge >= 0.3 is 0 Å². The third kappa shape index (κ3) is 3.60. The Balaban J connectivity index is 1.68. The van der Waals surface area contributed by atoms with Crippen LogP contribution in [0.25, 0.3) is 22.4 Å². The molecule has 0 bridgehead atoms. The molecule has 1 fully saturated rings. The van der Waals surface area contributed by atoms with E-state index in [0.29, 0.717) is 11.7 Å². The van der Waals surface area contributed by atoms with Crippen molar-refractivity contribution in [1.29, 1.82) is 0 Å². The molecular weight excluding hydrogens is 343 g/mol. The molecule has 0 radical (unpaired) electrons. The van der Waals surface area contributed by atoms with Crippen LogP contribution in [0.1, 0.15) is 20.3 Å². The highest BCUT2D eigenvalue weighted by molar-refractivity contribution is 5.94. The molecule has 1 amide bonds. The molecule has 138 valence electrons. The van der Waals surface area contributed by atoms with Crippen LogP contribution in [0.15, 0.2) is 48.8 Å². The first kappa shape index (κ1) is 17.4. The maximum atomic E-state index is 13.3. The minimum Gasteiger partial charge on any atom is -0.310 e. The third-order valence-corrected chi connectivity index (χ3v) is 4.97. The van der Waals surface area contributed by atoms with Crippen LogP contribution in [0.5, 0.6) is 0 Å². The van der Waals surface area contributed by atoms with Crippen LogP contribution in [-0.2, 0) is 11.3 Å². The monoisotopic (exact) mass is 364 g/mol. The Morgan fingerprint density at radius 1 is 1.26 bits per heavy atom. The van der Waals surface area contributed by atoms with Gasteiger partial charge in [0, 0.05) is 36.0 Å². The lowest BCUT2D eigenvalue weighted by Crippen LogP contribution is -2.15. The number of hydrogen-bond donors (Lipinski definition) is 1. The van der Waals surface area contributed by atoms with Crippen molar-refractivity contribution in [3.8, 4) is 22.4 Å². The van der Waals surface area contributed by atoms with Gasteiger partial charge in [-0.25, -0.2) is 9.37 Å². The predicted molar refractivity (Wildman–Crippen MR) is 102 cm³/mol. The van der Waals surface area contributed by atoms with Crippen molar-refractivity contribution < 1.29 is 9.18 Å². The SMILES string of the molecule is CCn1cc(-c2ccnc(NC(=O)C3CC3C)c2)c(-c2ccc(F)cc2)n1. The van der Waals surface area contributed by atoms with E-state index in [0.717, 1.165) is 35.3 Å². The largest absolute Gasteiger partial charge is 0.310 e. The number of amides is 1. The van der Waals surface area contributed by atoms with E-state index in [1.54, 1.807) is 18.3 Å². The fourth-order valence-electron chi connectivity index (χ4n) is 3.19. The fraction of sp³-hybridized carbons (Fsp3) is 0.286. The van der Waals surface area contributed by atoms with Gasteiger partial charge in [-0.3, -0.25) is 9.48 Å². The molecule has 3 aromatic rings. The van der Waals surface area contributed by atoms with E-state index in [4.69, 9.17) is 0 Å². The molecule has 0 aliphatic heterocycles. The van der Waals surface area contributed by atoms with Crippen molar-refractivity contribution >= 4 is 11.7 Å². The van der Waals surface area contributed by atoms with Crippen LogP contribution in [-0.4, -0.2) is 20.7 Å². The van der Waals surface area contributed by atoms with Crippen molar-refractivity contribution in [3.05, 3.63) is 54.6 Å². The quantitative estimate of drug-likeness (QED) is 0.731. The van der Waals surface area contributed by atoms with Gasteiger partial charge in [-0.2, -0.15) is 5.10 Å². The van der Waals surface area contributed by atoms with E-state index < -0.39 is 0 Å². The smallest absolute Gasteiger partial charge is 0.228 e. The lowest BCUT2D eigenvalue weighted by molar-refractivity contribution is -0.117. The number of nitrogens with zero attached hydrogens (tertiary/aromatic N) is 3. The molecule has 0 saturated heterocycles. The van der Waals surface area contributed by atoms with Crippen molar-refractivity contribution in [3.63, 3.8) is 0 Å². The summed E-state index contributed by atoms with van der Waals surface area (Å²) in [6.07, 6.45) is 4.57. The van der Waals surface area contributed by atoms with Crippen molar-refractivity contribution in [2.24, 2.45) is 11.8 Å². The number of nitrogens with one attached hydrogen (secondary N) is 1. The number of benzene rings is 1. The number of carbonyl (C=O) groups is 1. The molecule has 0 spiro atoms. The summed E-state index contributed by atoms with van der Waals surface area (Å²) in [6, 6.07) is 10.0. The summed E-state index contributed by atoms with van der Waals surface area (Å²) in [7, 11) is 0. The van der Waals surface area contributed by atoms with Crippen LogP contribution < -0.4 is 5.32 Å². The molecular formula is C21H21FN4O. The molecule has 6 heteroatoms. The number of carbonyl (C=O) groups excluding carboxylic acids is 1. The van der Waals surface area contributed by atoms with Crippen LogP contribution in [0, 0.1) is 17.7 Å². The zero-order valence-electron chi connectivity index (χ0n) is 15.3. The molecule has 2 atom stereocenters. The second-order valence-corrected chi connectivity index (χ2v) is 6.99. The fourth-order valence-corrected chi connectivity index (χ4v) is 3.19.